The van der Waals surface area contributed by atoms with Gasteiger partial charge in [0.1, 0.15) is 0 Å². The SMILES string of the molecule is OCc1nc(-c2cc(Cl)c(Cl)c(Cl)c2)ccc1Cl. The predicted octanol–water partition coefficient (Wildman–Crippen LogP) is 4.85. The predicted molar refractivity (Wildman–Crippen MR) is 75.6 cm³/mol. The summed E-state index contributed by atoms with van der Waals surface area (Å²) in [5.41, 5.74) is 1.72. The summed E-state index contributed by atoms with van der Waals surface area (Å²) in [7, 11) is 0. The second-order valence-corrected chi connectivity index (χ2v) is 5.14. The molecule has 0 fully saturated rings. The average Bonchev–Trinajstić information content (AvgIpc) is 2.36. The second kappa shape index (κ2) is 5.64. The summed E-state index contributed by atoms with van der Waals surface area (Å²) in [5, 5.41) is 10.5. The lowest BCUT2D eigenvalue weighted by Gasteiger charge is -2.07. The molecule has 0 saturated carbocycles. The number of hydrogen-bond donors (Lipinski definition) is 1. The Bertz CT molecular complexity index is 578. The van der Waals surface area contributed by atoms with Crippen molar-refractivity contribution in [3.63, 3.8) is 0 Å². The molecule has 1 N–H and O–H groups in total. The summed E-state index contributed by atoms with van der Waals surface area (Å²) in [4.78, 5) is 4.23. The van der Waals surface area contributed by atoms with Gasteiger partial charge in [0.2, 0.25) is 0 Å². The average molecular weight is 323 g/mol. The van der Waals surface area contributed by atoms with Gasteiger partial charge in [-0.3, -0.25) is 0 Å². The van der Waals surface area contributed by atoms with Crippen LogP contribution in [0.25, 0.3) is 11.3 Å². The number of rotatable bonds is 2. The highest BCUT2D eigenvalue weighted by atomic mass is 35.5. The van der Waals surface area contributed by atoms with E-state index in [1.807, 2.05) is 0 Å². The van der Waals surface area contributed by atoms with Crippen LogP contribution < -0.4 is 0 Å². The zero-order valence-corrected chi connectivity index (χ0v) is 11.9. The van der Waals surface area contributed by atoms with Crippen LogP contribution in [0, 0.1) is 0 Å². The van der Waals surface area contributed by atoms with Crippen LogP contribution in [0.3, 0.4) is 0 Å². The summed E-state index contributed by atoms with van der Waals surface area (Å²) in [5.74, 6) is 0. The monoisotopic (exact) mass is 321 g/mol. The van der Waals surface area contributed by atoms with Crippen LogP contribution >= 0.6 is 46.4 Å². The van der Waals surface area contributed by atoms with E-state index >= 15 is 0 Å². The molecule has 2 aromatic rings. The molecular formula is C12H7Cl4NO. The van der Waals surface area contributed by atoms with E-state index in [0.717, 1.165) is 0 Å². The minimum Gasteiger partial charge on any atom is -0.390 e. The Hall–Kier alpha value is -0.510. The Morgan fingerprint density at radius 1 is 0.944 bits per heavy atom. The molecule has 18 heavy (non-hydrogen) atoms. The lowest BCUT2D eigenvalue weighted by molar-refractivity contribution is 0.277. The molecule has 1 aromatic carbocycles. The molecule has 2 rings (SSSR count). The summed E-state index contributed by atoms with van der Waals surface area (Å²) in [6.07, 6.45) is 0. The highest BCUT2D eigenvalue weighted by molar-refractivity contribution is 6.48. The molecule has 0 radical (unpaired) electrons. The van der Waals surface area contributed by atoms with Gasteiger partial charge in [-0.15, -0.1) is 0 Å². The summed E-state index contributed by atoms with van der Waals surface area (Å²) >= 11 is 23.7. The van der Waals surface area contributed by atoms with Crippen molar-refractivity contribution in [2.45, 2.75) is 6.61 Å². The molecule has 0 aliphatic rings. The van der Waals surface area contributed by atoms with Crippen molar-refractivity contribution in [3.8, 4) is 11.3 Å². The van der Waals surface area contributed by atoms with Crippen LogP contribution in [0.5, 0.6) is 0 Å². The molecule has 1 aromatic heterocycles. The maximum Gasteiger partial charge on any atom is 0.0868 e. The molecule has 0 spiro atoms. The number of aliphatic hydroxyl groups excluding tert-OH is 1. The van der Waals surface area contributed by atoms with Crippen molar-refractivity contribution in [1.82, 2.24) is 4.98 Å². The van der Waals surface area contributed by atoms with Gasteiger partial charge in [0.05, 0.1) is 38.1 Å². The summed E-state index contributed by atoms with van der Waals surface area (Å²) in [6, 6.07) is 6.70. The van der Waals surface area contributed by atoms with Crippen molar-refractivity contribution < 1.29 is 5.11 Å². The van der Waals surface area contributed by atoms with Gasteiger partial charge in [-0.25, -0.2) is 4.98 Å². The highest BCUT2D eigenvalue weighted by Gasteiger charge is 2.10. The molecule has 0 amide bonds. The van der Waals surface area contributed by atoms with Gasteiger partial charge in [0.25, 0.3) is 0 Å². The first-order valence-corrected chi connectivity index (χ1v) is 6.45. The third-order valence-corrected chi connectivity index (χ3v) is 3.89. The Morgan fingerprint density at radius 2 is 1.56 bits per heavy atom. The molecule has 94 valence electrons. The smallest absolute Gasteiger partial charge is 0.0868 e. The van der Waals surface area contributed by atoms with Crippen LogP contribution in [0.15, 0.2) is 24.3 Å². The van der Waals surface area contributed by atoms with Crippen molar-refractivity contribution >= 4 is 46.4 Å². The molecule has 0 atom stereocenters. The molecule has 0 saturated heterocycles. The van der Waals surface area contributed by atoms with Crippen molar-refractivity contribution in [3.05, 3.63) is 50.0 Å². The maximum absolute atomic E-state index is 9.12. The first-order valence-electron chi connectivity index (χ1n) is 4.94. The lowest BCUT2D eigenvalue weighted by atomic mass is 10.1. The van der Waals surface area contributed by atoms with Crippen LogP contribution in [-0.2, 0) is 6.61 Å². The van der Waals surface area contributed by atoms with Crippen LogP contribution in [0.1, 0.15) is 5.69 Å². The Labute approximate surface area is 124 Å². The zero-order chi connectivity index (χ0) is 13.3. The number of aromatic nitrogens is 1. The fraction of sp³-hybridized carbons (Fsp3) is 0.0833. The van der Waals surface area contributed by atoms with E-state index in [0.29, 0.717) is 37.0 Å². The Morgan fingerprint density at radius 3 is 2.11 bits per heavy atom. The number of halogens is 4. The van der Waals surface area contributed by atoms with Crippen molar-refractivity contribution in [1.29, 1.82) is 0 Å². The van der Waals surface area contributed by atoms with Gasteiger partial charge < -0.3 is 5.11 Å². The molecule has 6 heteroatoms. The molecule has 1 heterocycles. The van der Waals surface area contributed by atoms with E-state index < -0.39 is 0 Å². The number of pyridine rings is 1. The molecule has 2 nitrogen and oxygen atoms in total. The van der Waals surface area contributed by atoms with Gasteiger partial charge in [-0.2, -0.15) is 0 Å². The number of hydrogen-bond acceptors (Lipinski definition) is 2. The van der Waals surface area contributed by atoms with E-state index in [-0.39, 0.29) is 6.61 Å². The normalized spacial score (nSPS) is 10.7. The minimum atomic E-state index is -0.234. The topological polar surface area (TPSA) is 33.1 Å². The third-order valence-electron chi connectivity index (χ3n) is 2.35. The van der Waals surface area contributed by atoms with Gasteiger partial charge >= 0.3 is 0 Å². The van der Waals surface area contributed by atoms with E-state index in [2.05, 4.69) is 4.98 Å². The first-order chi connectivity index (χ1) is 8.52. The van der Waals surface area contributed by atoms with Gasteiger partial charge in [-0.1, -0.05) is 46.4 Å². The van der Waals surface area contributed by atoms with Gasteiger partial charge in [-0.05, 0) is 24.3 Å². The molecule has 0 aliphatic heterocycles. The fourth-order valence-electron chi connectivity index (χ4n) is 1.46. The van der Waals surface area contributed by atoms with Crippen LogP contribution in [-0.4, -0.2) is 10.1 Å². The Kier molecular flexibility index (Phi) is 4.36. The molecule has 0 bridgehead atoms. The van der Waals surface area contributed by atoms with Crippen LogP contribution in [0.2, 0.25) is 20.1 Å². The second-order valence-electron chi connectivity index (χ2n) is 3.54. The minimum absolute atomic E-state index is 0.234. The molecule has 0 aliphatic carbocycles. The molecule has 0 unspecified atom stereocenters. The maximum atomic E-state index is 9.12. The largest absolute Gasteiger partial charge is 0.390 e. The van der Waals surface area contributed by atoms with Gasteiger partial charge in [0, 0.05) is 5.56 Å². The van der Waals surface area contributed by atoms with E-state index in [9.17, 15) is 0 Å². The van der Waals surface area contributed by atoms with E-state index in [1.54, 1.807) is 24.3 Å². The number of benzene rings is 1. The number of aliphatic hydroxyl groups is 1. The van der Waals surface area contributed by atoms with Gasteiger partial charge in [0.15, 0.2) is 0 Å². The standard InChI is InChI=1S/C12H7Cl4NO/c13-7-1-2-10(17-11(7)5-18)6-3-8(14)12(16)9(15)4-6/h1-4,18H,5H2. The quantitative estimate of drug-likeness (QED) is 0.801. The van der Waals surface area contributed by atoms with E-state index in [4.69, 9.17) is 51.5 Å². The van der Waals surface area contributed by atoms with Crippen molar-refractivity contribution in [2.75, 3.05) is 0 Å². The molecular weight excluding hydrogens is 316 g/mol. The summed E-state index contributed by atoms with van der Waals surface area (Å²) in [6.45, 7) is -0.234. The first kappa shape index (κ1) is 13.9. The zero-order valence-electron chi connectivity index (χ0n) is 8.92. The third kappa shape index (κ3) is 2.73. The Balaban J connectivity index is 2.55. The van der Waals surface area contributed by atoms with Crippen molar-refractivity contribution in [2.24, 2.45) is 0 Å². The van der Waals surface area contributed by atoms with E-state index in [1.165, 1.54) is 0 Å². The fourth-order valence-corrected chi connectivity index (χ4v) is 2.22. The van der Waals surface area contributed by atoms with Crippen LogP contribution in [0.4, 0.5) is 0 Å². The number of nitrogens with zero attached hydrogens (tertiary/aromatic N) is 1. The lowest BCUT2D eigenvalue weighted by Crippen LogP contribution is -1.93. The summed E-state index contributed by atoms with van der Waals surface area (Å²) < 4.78 is 0. The highest BCUT2D eigenvalue weighted by Crippen LogP contribution is 2.34.